The average Bonchev–Trinajstić information content (AvgIpc) is 2.59. The Bertz CT molecular complexity index is 316. The normalized spacial score (nSPS) is 13.8. The van der Waals surface area contributed by atoms with Crippen molar-refractivity contribution in [3.63, 3.8) is 0 Å². The molecular formula is C6H5N6. The van der Waals surface area contributed by atoms with Gasteiger partial charge in [0.2, 0.25) is 5.96 Å². The van der Waals surface area contributed by atoms with E-state index in [0.29, 0.717) is 5.96 Å². The molecule has 0 fully saturated rings. The predicted molar refractivity (Wildman–Crippen MR) is 43.7 cm³/mol. The van der Waals surface area contributed by atoms with E-state index in [1.54, 1.807) is 12.4 Å². The quantitative estimate of drug-likeness (QED) is 0.619. The van der Waals surface area contributed by atoms with Crippen LogP contribution in [0.25, 0.3) is 0 Å². The van der Waals surface area contributed by atoms with E-state index in [0.717, 1.165) is 5.69 Å². The van der Waals surface area contributed by atoms with Crippen molar-refractivity contribution in [1.29, 1.82) is 0 Å². The SMILES string of the molecule is C1=NN=C(Nc2cncnc2)[N]1. The van der Waals surface area contributed by atoms with Crippen molar-refractivity contribution in [1.82, 2.24) is 15.3 Å². The number of guanidine groups is 1. The van der Waals surface area contributed by atoms with Gasteiger partial charge in [-0.15, -0.1) is 10.2 Å². The van der Waals surface area contributed by atoms with Gasteiger partial charge in [0.15, 0.2) is 0 Å². The fraction of sp³-hybridized carbons (Fsp3) is 0. The fourth-order valence-corrected chi connectivity index (χ4v) is 0.737. The molecule has 0 unspecified atom stereocenters. The number of anilines is 1. The predicted octanol–water partition coefficient (Wildman–Crippen LogP) is -0.194. The van der Waals surface area contributed by atoms with Crippen LogP contribution in [0.4, 0.5) is 5.69 Å². The summed E-state index contributed by atoms with van der Waals surface area (Å²) in [5.41, 5.74) is 0.741. The summed E-state index contributed by atoms with van der Waals surface area (Å²) in [4.78, 5) is 7.63. The molecule has 0 saturated heterocycles. The van der Waals surface area contributed by atoms with Gasteiger partial charge in [0, 0.05) is 0 Å². The molecular weight excluding hydrogens is 156 g/mol. The van der Waals surface area contributed by atoms with Gasteiger partial charge in [-0.25, -0.2) is 9.97 Å². The van der Waals surface area contributed by atoms with E-state index in [1.165, 1.54) is 12.7 Å². The van der Waals surface area contributed by atoms with Gasteiger partial charge in [0.05, 0.1) is 18.1 Å². The molecule has 2 rings (SSSR count). The largest absolute Gasteiger partial charge is 0.320 e. The third kappa shape index (κ3) is 1.36. The van der Waals surface area contributed by atoms with Crippen molar-refractivity contribution in [2.45, 2.75) is 0 Å². The summed E-state index contributed by atoms with van der Waals surface area (Å²) in [7, 11) is 0. The van der Waals surface area contributed by atoms with Crippen molar-refractivity contribution in [2.24, 2.45) is 10.2 Å². The van der Waals surface area contributed by atoms with Crippen molar-refractivity contribution < 1.29 is 0 Å². The summed E-state index contributed by atoms with van der Waals surface area (Å²) in [6.07, 6.45) is 6.08. The summed E-state index contributed by atoms with van der Waals surface area (Å²) in [5.74, 6) is 0.449. The molecule has 1 aromatic rings. The first-order valence-corrected chi connectivity index (χ1v) is 3.27. The Labute approximate surface area is 68.5 Å². The highest BCUT2D eigenvalue weighted by atomic mass is 15.4. The lowest BCUT2D eigenvalue weighted by molar-refractivity contribution is 1.16. The van der Waals surface area contributed by atoms with Crippen LogP contribution in [0.3, 0.4) is 0 Å². The van der Waals surface area contributed by atoms with E-state index >= 15 is 0 Å². The first kappa shape index (κ1) is 6.71. The van der Waals surface area contributed by atoms with Crippen LogP contribution in [0, 0.1) is 0 Å². The van der Waals surface area contributed by atoms with Gasteiger partial charge < -0.3 is 5.32 Å². The molecule has 0 saturated carbocycles. The lowest BCUT2D eigenvalue weighted by Gasteiger charge is -2.00. The van der Waals surface area contributed by atoms with Crippen LogP contribution in [-0.4, -0.2) is 22.3 Å². The average molecular weight is 161 g/mol. The summed E-state index contributed by atoms with van der Waals surface area (Å²) < 4.78 is 0. The molecule has 1 aromatic heterocycles. The lowest BCUT2D eigenvalue weighted by Crippen LogP contribution is -2.19. The second kappa shape index (κ2) is 2.95. The molecule has 2 heterocycles. The standard InChI is InChI=1S/C6H5N6/c1-5(2-8-3-7-1)11-6-9-4-10-12-6/h1-4H,(H,11,12). The van der Waals surface area contributed by atoms with Gasteiger partial charge in [0.1, 0.15) is 12.7 Å². The Kier molecular flexibility index (Phi) is 1.65. The number of hydrogen-bond donors (Lipinski definition) is 1. The van der Waals surface area contributed by atoms with Crippen LogP contribution in [0.2, 0.25) is 0 Å². The highest BCUT2D eigenvalue weighted by Gasteiger charge is 2.03. The summed E-state index contributed by atoms with van der Waals surface area (Å²) in [6.45, 7) is 0. The van der Waals surface area contributed by atoms with Crippen LogP contribution in [0.1, 0.15) is 0 Å². The minimum Gasteiger partial charge on any atom is -0.320 e. The number of aromatic nitrogens is 2. The Morgan fingerprint density at radius 1 is 1.17 bits per heavy atom. The number of rotatable bonds is 1. The van der Waals surface area contributed by atoms with E-state index < -0.39 is 0 Å². The number of nitrogens with one attached hydrogen (secondary N) is 1. The zero-order chi connectivity index (χ0) is 8.23. The molecule has 1 radical (unpaired) electrons. The minimum absolute atomic E-state index is 0.449. The molecule has 1 aliphatic heterocycles. The maximum absolute atomic E-state index is 3.82. The first-order valence-electron chi connectivity index (χ1n) is 3.27. The summed E-state index contributed by atoms with van der Waals surface area (Å²) in [5, 5.41) is 13.9. The lowest BCUT2D eigenvalue weighted by atomic mass is 10.5. The van der Waals surface area contributed by atoms with Crippen molar-refractivity contribution in [3.05, 3.63) is 18.7 Å². The third-order valence-corrected chi connectivity index (χ3v) is 1.20. The molecule has 6 heteroatoms. The first-order chi connectivity index (χ1) is 5.95. The van der Waals surface area contributed by atoms with Gasteiger partial charge >= 0.3 is 0 Å². The third-order valence-electron chi connectivity index (χ3n) is 1.20. The molecule has 0 aromatic carbocycles. The Hall–Kier alpha value is -1.98. The second-order valence-electron chi connectivity index (χ2n) is 2.04. The second-order valence-corrected chi connectivity index (χ2v) is 2.04. The molecule has 6 nitrogen and oxygen atoms in total. The Balaban J connectivity index is 2.05. The van der Waals surface area contributed by atoms with E-state index in [9.17, 15) is 0 Å². The number of nitrogens with zero attached hydrogens (tertiary/aromatic N) is 5. The van der Waals surface area contributed by atoms with Crippen molar-refractivity contribution in [3.8, 4) is 0 Å². The van der Waals surface area contributed by atoms with E-state index in [-0.39, 0.29) is 0 Å². The topological polar surface area (TPSA) is 76.6 Å². The Morgan fingerprint density at radius 3 is 2.67 bits per heavy atom. The van der Waals surface area contributed by atoms with Crippen LogP contribution in [-0.2, 0) is 0 Å². The maximum atomic E-state index is 3.82. The maximum Gasteiger partial charge on any atom is 0.248 e. The number of hydrogen-bond acceptors (Lipinski definition) is 5. The molecule has 12 heavy (non-hydrogen) atoms. The van der Waals surface area contributed by atoms with Crippen LogP contribution in [0.5, 0.6) is 0 Å². The zero-order valence-corrected chi connectivity index (χ0v) is 6.05. The van der Waals surface area contributed by atoms with Crippen molar-refractivity contribution in [2.75, 3.05) is 5.32 Å². The monoisotopic (exact) mass is 161 g/mol. The fourth-order valence-electron chi connectivity index (χ4n) is 0.737. The molecule has 0 amide bonds. The molecule has 1 aliphatic rings. The van der Waals surface area contributed by atoms with Gasteiger partial charge in [0.25, 0.3) is 0 Å². The smallest absolute Gasteiger partial charge is 0.248 e. The summed E-state index contributed by atoms with van der Waals surface area (Å²) in [6, 6.07) is 0. The van der Waals surface area contributed by atoms with Gasteiger partial charge in [-0.1, -0.05) is 0 Å². The summed E-state index contributed by atoms with van der Waals surface area (Å²) >= 11 is 0. The van der Waals surface area contributed by atoms with Crippen LogP contribution < -0.4 is 10.6 Å². The molecule has 59 valence electrons. The van der Waals surface area contributed by atoms with Crippen LogP contribution in [0.15, 0.2) is 28.9 Å². The molecule has 0 bridgehead atoms. The molecule has 1 N–H and O–H groups in total. The van der Waals surface area contributed by atoms with E-state index in [4.69, 9.17) is 0 Å². The van der Waals surface area contributed by atoms with Crippen LogP contribution >= 0.6 is 0 Å². The highest BCUT2D eigenvalue weighted by Crippen LogP contribution is 2.00. The van der Waals surface area contributed by atoms with Crippen molar-refractivity contribution >= 4 is 18.0 Å². The van der Waals surface area contributed by atoms with E-state index in [1.807, 2.05) is 0 Å². The zero-order valence-electron chi connectivity index (χ0n) is 6.05. The minimum atomic E-state index is 0.449. The Morgan fingerprint density at radius 2 is 2.00 bits per heavy atom. The molecule has 0 aliphatic carbocycles. The van der Waals surface area contributed by atoms with E-state index in [2.05, 4.69) is 30.8 Å². The van der Waals surface area contributed by atoms with Gasteiger partial charge in [-0.05, 0) is 0 Å². The molecule has 0 spiro atoms. The van der Waals surface area contributed by atoms with Gasteiger partial charge in [-0.3, -0.25) is 0 Å². The van der Waals surface area contributed by atoms with Gasteiger partial charge in [-0.2, -0.15) is 5.32 Å². The molecule has 0 atom stereocenters. The highest BCUT2D eigenvalue weighted by molar-refractivity contribution is 6.01.